The van der Waals surface area contributed by atoms with Gasteiger partial charge < -0.3 is 5.73 Å². The summed E-state index contributed by atoms with van der Waals surface area (Å²) in [6.07, 6.45) is 0.322. The third-order valence-corrected chi connectivity index (χ3v) is 2.32. The van der Waals surface area contributed by atoms with Crippen LogP contribution in [0.5, 0.6) is 0 Å². The Morgan fingerprint density at radius 1 is 1.54 bits per heavy atom. The second-order valence-electron chi connectivity index (χ2n) is 2.59. The molecule has 0 atom stereocenters. The van der Waals surface area contributed by atoms with Crippen molar-refractivity contribution in [1.29, 1.82) is 0 Å². The van der Waals surface area contributed by atoms with Crippen LogP contribution in [0.15, 0.2) is 22.7 Å². The van der Waals surface area contributed by atoms with Gasteiger partial charge in [0.2, 0.25) is 0 Å². The fraction of sp³-hybridized carbons (Fsp3) is 0.222. The molecule has 0 saturated carbocycles. The van der Waals surface area contributed by atoms with Crippen LogP contribution in [0.25, 0.3) is 0 Å². The molecule has 0 bridgehead atoms. The van der Waals surface area contributed by atoms with E-state index in [0.29, 0.717) is 23.6 Å². The number of hydrogen-bond donors (Lipinski definition) is 1. The minimum Gasteiger partial charge on any atom is -0.398 e. The molecule has 4 heteroatoms. The molecule has 0 aliphatic carbocycles. The lowest BCUT2D eigenvalue weighted by molar-refractivity contribution is 0.0990. The highest BCUT2D eigenvalue weighted by Crippen LogP contribution is 2.19. The minimum atomic E-state index is -0.0196. The Morgan fingerprint density at radius 2 is 2.23 bits per heavy atom. The van der Waals surface area contributed by atoms with Crippen LogP contribution in [-0.2, 0) is 0 Å². The smallest absolute Gasteiger partial charge is 0.166 e. The predicted molar refractivity (Wildman–Crippen MR) is 58.2 cm³/mol. The monoisotopic (exact) mass is 261 g/mol. The lowest BCUT2D eigenvalue weighted by Gasteiger charge is -2.03. The van der Waals surface area contributed by atoms with E-state index in [1.54, 1.807) is 18.2 Å². The highest BCUT2D eigenvalue weighted by Gasteiger charge is 2.08. The molecule has 0 saturated heterocycles. The number of carbonyl (C=O) groups excluding carboxylic acids is 1. The van der Waals surface area contributed by atoms with Gasteiger partial charge in [-0.15, -0.1) is 11.6 Å². The lowest BCUT2D eigenvalue weighted by atomic mass is 10.1. The largest absolute Gasteiger partial charge is 0.398 e. The molecule has 0 aromatic heterocycles. The molecule has 0 heterocycles. The third-order valence-electron chi connectivity index (χ3n) is 1.64. The normalized spacial score (nSPS) is 10.0. The highest BCUT2D eigenvalue weighted by atomic mass is 79.9. The summed E-state index contributed by atoms with van der Waals surface area (Å²) in [4.78, 5) is 11.4. The molecule has 0 aliphatic rings. The Bertz CT molecular complexity index is 327. The highest BCUT2D eigenvalue weighted by molar-refractivity contribution is 9.10. The van der Waals surface area contributed by atoms with Crippen molar-refractivity contribution in [2.75, 3.05) is 11.6 Å². The van der Waals surface area contributed by atoms with E-state index in [9.17, 15) is 4.79 Å². The first-order valence-corrected chi connectivity index (χ1v) is 5.12. The van der Waals surface area contributed by atoms with Crippen LogP contribution >= 0.6 is 27.5 Å². The van der Waals surface area contributed by atoms with Gasteiger partial charge in [-0.05, 0) is 18.2 Å². The molecule has 2 N–H and O–H groups in total. The topological polar surface area (TPSA) is 43.1 Å². The molecular weight excluding hydrogens is 253 g/mol. The van der Waals surface area contributed by atoms with Crippen LogP contribution in [0.4, 0.5) is 5.69 Å². The number of benzene rings is 1. The fourth-order valence-electron chi connectivity index (χ4n) is 0.990. The summed E-state index contributed by atoms with van der Waals surface area (Å²) >= 11 is 8.74. The van der Waals surface area contributed by atoms with Crippen molar-refractivity contribution >= 4 is 39.0 Å². The predicted octanol–water partition coefficient (Wildman–Crippen LogP) is 2.84. The average molecular weight is 263 g/mol. The number of carbonyl (C=O) groups is 1. The molecule has 13 heavy (non-hydrogen) atoms. The number of anilines is 1. The van der Waals surface area contributed by atoms with E-state index in [1.165, 1.54) is 0 Å². The van der Waals surface area contributed by atoms with E-state index in [4.69, 9.17) is 17.3 Å². The Labute approximate surface area is 90.2 Å². The molecule has 2 nitrogen and oxygen atoms in total. The van der Waals surface area contributed by atoms with Gasteiger partial charge in [0.05, 0.1) is 0 Å². The second kappa shape index (κ2) is 4.63. The first-order chi connectivity index (χ1) is 6.15. The number of ketones is 1. The van der Waals surface area contributed by atoms with Gasteiger partial charge in [0.25, 0.3) is 0 Å². The molecule has 1 aromatic rings. The number of nitrogen functional groups attached to an aromatic ring is 1. The van der Waals surface area contributed by atoms with Gasteiger partial charge in [0, 0.05) is 28.0 Å². The standard InChI is InChI=1S/C9H9BrClNO/c10-6-1-2-8(12)7(5-6)9(13)3-4-11/h1-2,5H,3-4,12H2. The maximum Gasteiger partial charge on any atom is 0.166 e. The molecule has 0 amide bonds. The van der Waals surface area contributed by atoms with Crippen molar-refractivity contribution in [3.8, 4) is 0 Å². The van der Waals surface area contributed by atoms with Crippen molar-refractivity contribution in [2.24, 2.45) is 0 Å². The lowest BCUT2D eigenvalue weighted by Crippen LogP contribution is -2.04. The van der Waals surface area contributed by atoms with Crippen LogP contribution < -0.4 is 5.73 Å². The Hall–Kier alpha value is -0.540. The SMILES string of the molecule is Nc1ccc(Br)cc1C(=O)CCCl. The summed E-state index contributed by atoms with van der Waals surface area (Å²) in [6, 6.07) is 5.21. The van der Waals surface area contributed by atoms with E-state index < -0.39 is 0 Å². The first-order valence-electron chi connectivity index (χ1n) is 3.79. The van der Waals surface area contributed by atoms with E-state index in [1.807, 2.05) is 0 Å². The zero-order chi connectivity index (χ0) is 9.84. The van der Waals surface area contributed by atoms with Gasteiger partial charge in [-0.1, -0.05) is 15.9 Å². The fourth-order valence-corrected chi connectivity index (χ4v) is 1.52. The Kier molecular flexibility index (Phi) is 3.75. The summed E-state index contributed by atoms with van der Waals surface area (Å²) in [5.41, 5.74) is 6.67. The number of nitrogens with two attached hydrogens (primary N) is 1. The van der Waals surface area contributed by atoms with E-state index in [0.717, 1.165) is 4.47 Å². The van der Waals surface area contributed by atoms with Crippen LogP contribution in [-0.4, -0.2) is 11.7 Å². The Morgan fingerprint density at radius 3 is 2.85 bits per heavy atom. The van der Waals surface area contributed by atoms with Crippen LogP contribution in [0.1, 0.15) is 16.8 Å². The molecule has 1 aromatic carbocycles. The minimum absolute atomic E-state index is 0.0196. The summed E-state index contributed by atoms with van der Waals surface area (Å²) < 4.78 is 0.847. The summed E-state index contributed by atoms with van der Waals surface area (Å²) in [5.74, 6) is 0.305. The van der Waals surface area contributed by atoms with Gasteiger partial charge in [-0.3, -0.25) is 4.79 Å². The molecule has 0 fully saturated rings. The van der Waals surface area contributed by atoms with Gasteiger partial charge >= 0.3 is 0 Å². The van der Waals surface area contributed by atoms with Crippen molar-refractivity contribution in [1.82, 2.24) is 0 Å². The number of hydrogen-bond acceptors (Lipinski definition) is 2. The number of Topliss-reactive ketones (excluding diaryl/α,β-unsaturated/α-hetero) is 1. The molecule has 70 valence electrons. The molecular formula is C9H9BrClNO. The second-order valence-corrected chi connectivity index (χ2v) is 3.89. The zero-order valence-corrected chi connectivity index (χ0v) is 9.23. The van der Waals surface area contributed by atoms with Gasteiger partial charge in [0.1, 0.15) is 0 Å². The van der Waals surface area contributed by atoms with Gasteiger partial charge in [-0.25, -0.2) is 0 Å². The van der Waals surface area contributed by atoms with E-state index in [2.05, 4.69) is 15.9 Å². The number of halogens is 2. The maximum atomic E-state index is 11.4. The summed E-state index contributed by atoms with van der Waals surface area (Å²) in [5, 5.41) is 0. The molecule has 0 spiro atoms. The van der Waals surface area contributed by atoms with Crippen LogP contribution in [0, 0.1) is 0 Å². The molecule has 0 aliphatic heterocycles. The number of rotatable bonds is 3. The van der Waals surface area contributed by atoms with Crippen molar-refractivity contribution in [3.63, 3.8) is 0 Å². The Balaban J connectivity index is 2.99. The van der Waals surface area contributed by atoms with Crippen LogP contribution in [0.3, 0.4) is 0 Å². The van der Waals surface area contributed by atoms with E-state index >= 15 is 0 Å². The molecule has 0 unspecified atom stereocenters. The van der Waals surface area contributed by atoms with Crippen molar-refractivity contribution in [2.45, 2.75) is 6.42 Å². The maximum absolute atomic E-state index is 11.4. The third kappa shape index (κ3) is 2.71. The first kappa shape index (κ1) is 10.5. The van der Waals surface area contributed by atoms with Gasteiger partial charge in [0.15, 0.2) is 5.78 Å². The van der Waals surface area contributed by atoms with E-state index in [-0.39, 0.29) is 5.78 Å². The summed E-state index contributed by atoms with van der Waals surface area (Å²) in [7, 11) is 0. The molecule has 1 rings (SSSR count). The van der Waals surface area contributed by atoms with Crippen molar-refractivity contribution in [3.05, 3.63) is 28.2 Å². The number of alkyl halides is 1. The molecule has 0 radical (unpaired) electrons. The summed E-state index contributed by atoms with van der Waals surface area (Å²) in [6.45, 7) is 0. The van der Waals surface area contributed by atoms with Crippen molar-refractivity contribution < 1.29 is 4.79 Å². The van der Waals surface area contributed by atoms with Crippen LogP contribution in [0.2, 0.25) is 0 Å². The average Bonchev–Trinajstić information content (AvgIpc) is 2.09. The quantitative estimate of drug-likeness (QED) is 0.517. The van der Waals surface area contributed by atoms with Gasteiger partial charge in [-0.2, -0.15) is 0 Å². The zero-order valence-electron chi connectivity index (χ0n) is 6.89.